The molecule has 0 radical (unpaired) electrons. The third-order valence-electron chi connectivity index (χ3n) is 3.15. The maximum Gasteiger partial charge on any atom is 0.305 e. The van der Waals surface area contributed by atoms with Crippen molar-refractivity contribution in [2.75, 3.05) is 33.5 Å². The summed E-state index contributed by atoms with van der Waals surface area (Å²) in [6.45, 7) is 6.03. The summed E-state index contributed by atoms with van der Waals surface area (Å²) >= 11 is 0. The first-order valence-electron chi connectivity index (χ1n) is 7.41. The number of rotatable bonds is 13. The molecule has 0 aromatic rings. The summed E-state index contributed by atoms with van der Waals surface area (Å²) < 4.78 is 15.9. The second-order valence-corrected chi connectivity index (χ2v) is 9.86. The third kappa shape index (κ3) is 12.6. The zero-order valence-electron chi connectivity index (χ0n) is 13.2. The molecule has 0 aliphatic rings. The number of aliphatic hydroxyl groups excluding tert-OH is 1. The molecule has 0 rings (SSSR count). The van der Waals surface area contributed by atoms with Crippen LogP contribution >= 0.6 is 0 Å². The van der Waals surface area contributed by atoms with Crippen molar-refractivity contribution in [3.63, 3.8) is 0 Å². The van der Waals surface area contributed by atoms with Crippen molar-refractivity contribution in [1.29, 1.82) is 0 Å². The van der Waals surface area contributed by atoms with Crippen LogP contribution in [-0.2, 0) is 18.7 Å². The van der Waals surface area contributed by atoms with E-state index in [9.17, 15) is 4.79 Å². The van der Waals surface area contributed by atoms with Gasteiger partial charge in [0.05, 0.1) is 6.61 Å². The monoisotopic (exact) mass is 306 g/mol. The van der Waals surface area contributed by atoms with E-state index in [1.807, 2.05) is 0 Å². The molecule has 0 spiro atoms. The fraction of sp³-hybridized carbons (Fsp3) is 0.929. The van der Waals surface area contributed by atoms with Gasteiger partial charge in [-0.1, -0.05) is 6.42 Å². The number of aliphatic hydroxyl groups is 1. The molecule has 0 aliphatic heterocycles. The van der Waals surface area contributed by atoms with Crippen LogP contribution in [0.2, 0.25) is 19.1 Å². The van der Waals surface area contributed by atoms with Crippen LogP contribution in [0.15, 0.2) is 0 Å². The Morgan fingerprint density at radius 1 is 1.05 bits per heavy atom. The number of ether oxygens (including phenoxy) is 2. The average Bonchev–Trinajstić information content (AvgIpc) is 2.42. The Morgan fingerprint density at radius 2 is 1.80 bits per heavy atom. The van der Waals surface area contributed by atoms with Crippen molar-refractivity contribution < 1.29 is 23.8 Å². The average molecular weight is 306 g/mol. The van der Waals surface area contributed by atoms with Crippen molar-refractivity contribution in [2.24, 2.45) is 0 Å². The van der Waals surface area contributed by atoms with Crippen molar-refractivity contribution in [3.8, 4) is 0 Å². The number of hydrogen-bond acceptors (Lipinski definition) is 5. The molecule has 0 amide bonds. The van der Waals surface area contributed by atoms with Gasteiger partial charge in [-0.25, -0.2) is 0 Å². The maximum absolute atomic E-state index is 11.3. The third-order valence-corrected chi connectivity index (χ3v) is 5.81. The quantitative estimate of drug-likeness (QED) is 0.321. The minimum atomic E-state index is -1.47. The zero-order valence-corrected chi connectivity index (χ0v) is 14.2. The fourth-order valence-electron chi connectivity index (χ4n) is 1.65. The van der Waals surface area contributed by atoms with Crippen LogP contribution in [-0.4, -0.2) is 52.9 Å². The van der Waals surface area contributed by atoms with Gasteiger partial charge in [0.15, 0.2) is 8.32 Å². The molecule has 5 nitrogen and oxygen atoms in total. The lowest BCUT2D eigenvalue weighted by atomic mass is 10.2. The lowest BCUT2D eigenvalue weighted by Gasteiger charge is -2.19. The molecule has 0 saturated carbocycles. The van der Waals surface area contributed by atoms with Gasteiger partial charge in [-0.05, 0) is 38.4 Å². The van der Waals surface area contributed by atoms with Crippen LogP contribution in [0.4, 0.5) is 0 Å². The predicted molar refractivity (Wildman–Crippen MR) is 81.2 cm³/mol. The van der Waals surface area contributed by atoms with Crippen LogP contribution in [0.3, 0.4) is 0 Å². The maximum atomic E-state index is 11.3. The second kappa shape index (κ2) is 12.3. The van der Waals surface area contributed by atoms with Crippen molar-refractivity contribution in [2.45, 2.75) is 51.2 Å². The highest BCUT2D eigenvalue weighted by Gasteiger charge is 2.19. The summed E-state index contributed by atoms with van der Waals surface area (Å²) in [5.74, 6) is -0.181. The summed E-state index contributed by atoms with van der Waals surface area (Å²) in [6.07, 6.45) is 3.80. The summed E-state index contributed by atoms with van der Waals surface area (Å²) in [4.78, 5) is 11.3. The van der Waals surface area contributed by atoms with Gasteiger partial charge in [0.1, 0.15) is 6.61 Å². The Hall–Kier alpha value is -0.433. The van der Waals surface area contributed by atoms with Crippen molar-refractivity contribution in [1.82, 2.24) is 0 Å². The first kappa shape index (κ1) is 19.6. The Balaban J connectivity index is 3.29. The van der Waals surface area contributed by atoms with E-state index < -0.39 is 8.32 Å². The molecule has 0 bridgehead atoms. The van der Waals surface area contributed by atoms with Gasteiger partial charge >= 0.3 is 5.97 Å². The number of esters is 1. The molecule has 0 aliphatic carbocycles. The Kier molecular flexibility index (Phi) is 12.1. The van der Waals surface area contributed by atoms with Gasteiger partial charge < -0.3 is 19.0 Å². The molecule has 120 valence electrons. The van der Waals surface area contributed by atoms with Crippen LogP contribution in [0.25, 0.3) is 0 Å². The number of unbranched alkanes of at least 4 members (excludes halogenated alkanes) is 2. The highest BCUT2D eigenvalue weighted by Crippen LogP contribution is 2.11. The first-order valence-corrected chi connectivity index (χ1v) is 10.5. The van der Waals surface area contributed by atoms with Crippen molar-refractivity contribution >= 4 is 14.3 Å². The topological polar surface area (TPSA) is 65.0 Å². The molecule has 0 fully saturated rings. The highest BCUT2D eigenvalue weighted by molar-refractivity contribution is 6.71. The van der Waals surface area contributed by atoms with Crippen LogP contribution in [0.1, 0.15) is 32.1 Å². The minimum Gasteiger partial charge on any atom is -0.463 e. The lowest BCUT2D eigenvalue weighted by molar-refractivity contribution is -0.145. The Labute approximate surface area is 123 Å². The number of hydrogen-bond donors (Lipinski definition) is 1. The molecule has 0 unspecified atom stereocenters. The lowest BCUT2D eigenvalue weighted by Crippen LogP contribution is -2.28. The van der Waals surface area contributed by atoms with E-state index in [-0.39, 0.29) is 12.6 Å². The molecule has 0 atom stereocenters. The van der Waals surface area contributed by atoms with Gasteiger partial charge in [0.25, 0.3) is 0 Å². The van der Waals surface area contributed by atoms with Crippen LogP contribution < -0.4 is 0 Å². The molecule has 6 heteroatoms. The van der Waals surface area contributed by atoms with E-state index in [1.165, 1.54) is 0 Å². The molecule has 0 heterocycles. The molecular formula is C14H30O5Si. The van der Waals surface area contributed by atoms with Crippen LogP contribution in [0, 0.1) is 0 Å². The van der Waals surface area contributed by atoms with E-state index in [4.69, 9.17) is 19.0 Å². The standard InChI is InChI=1S/C14H30O5Si/c1-17-20(2,3)13-7-10-18-11-12-19-14(16)8-5-4-6-9-15/h15H,4-13H2,1-3H3. The summed E-state index contributed by atoms with van der Waals surface area (Å²) in [5.41, 5.74) is 0. The smallest absolute Gasteiger partial charge is 0.305 e. The van der Waals surface area contributed by atoms with Gasteiger partial charge in [0, 0.05) is 26.7 Å². The SMILES string of the molecule is CO[Si](C)(C)CCCOCCOC(=O)CCCCCO. The van der Waals surface area contributed by atoms with Gasteiger partial charge in [0.2, 0.25) is 0 Å². The molecule has 20 heavy (non-hydrogen) atoms. The molecular weight excluding hydrogens is 276 g/mol. The van der Waals surface area contributed by atoms with Gasteiger partial charge in [-0.3, -0.25) is 4.79 Å². The molecule has 1 N–H and O–H groups in total. The van der Waals surface area contributed by atoms with E-state index in [0.29, 0.717) is 26.2 Å². The van der Waals surface area contributed by atoms with E-state index in [2.05, 4.69) is 13.1 Å². The largest absolute Gasteiger partial charge is 0.463 e. The number of carbonyl (C=O) groups is 1. The highest BCUT2D eigenvalue weighted by atomic mass is 28.4. The molecule has 0 saturated heterocycles. The van der Waals surface area contributed by atoms with Crippen LogP contribution in [0.5, 0.6) is 0 Å². The Morgan fingerprint density at radius 3 is 2.45 bits per heavy atom. The normalized spacial score (nSPS) is 11.6. The first-order chi connectivity index (χ1) is 9.52. The fourth-order valence-corrected chi connectivity index (χ4v) is 2.85. The number of carbonyl (C=O) groups excluding carboxylic acids is 1. The molecule has 0 aromatic heterocycles. The Bertz CT molecular complexity index is 246. The van der Waals surface area contributed by atoms with E-state index in [0.717, 1.165) is 31.7 Å². The minimum absolute atomic E-state index is 0.181. The second-order valence-electron chi connectivity index (χ2n) is 5.43. The summed E-state index contributed by atoms with van der Waals surface area (Å²) in [5, 5.41) is 8.60. The summed E-state index contributed by atoms with van der Waals surface area (Å²) in [7, 11) is 0.302. The van der Waals surface area contributed by atoms with Gasteiger partial charge in [-0.2, -0.15) is 0 Å². The van der Waals surface area contributed by atoms with Crippen molar-refractivity contribution in [3.05, 3.63) is 0 Å². The molecule has 0 aromatic carbocycles. The van der Waals surface area contributed by atoms with E-state index in [1.54, 1.807) is 7.11 Å². The zero-order chi connectivity index (χ0) is 15.3. The van der Waals surface area contributed by atoms with E-state index >= 15 is 0 Å². The summed E-state index contributed by atoms with van der Waals surface area (Å²) in [6, 6.07) is 1.08. The predicted octanol–water partition coefficient (Wildman–Crippen LogP) is 2.34. The van der Waals surface area contributed by atoms with Gasteiger partial charge in [-0.15, -0.1) is 0 Å².